The number of halogens is 2. The molecule has 4 heteroatoms. The molecule has 0 aliphatic carbocycles. The molecule has 2 rings (SSSR count). The number of aromatic nitrogens is 1. The minimum atomic E-state index is 0.575. The van der Waals surface area contributed by atoms with Gasteiger partial charge in [-0.3, -0.25) is 0 Å². The summed E-state index contributed by atoms with van der Waals surface area (Å²) in [5, 5.41) is 5.01. The molecule has 0 aliphatic rings. The van der Waals surface area contributed by atoms with Gasteiger partial charge in [0.05, 0.1) is 10.0 Å². The van der Waals surface area contributed by atoms with Crippen molar-refractivity contribution in [1.82, 2.24) is 5.16 Å². The van der Waals surface area contributed by atoms with E-state index in [0.29, 0.717) is 21.3 Å². The first-order chi connectivity index (χ1) is 6.68. The average molecular weight is 228 g/mol. The smallest absolute Gasteiger partial charge is 0.134 e. The molecule has 0 fully saturated rings. The normalized spacial score (nSPS) is 10.5. The third kappa shape index (κ3) is 1.63. The van der Waals surface area contributed by atoms with E-state index in [9.17, 15) is 0 Å². The van der Waals surface area contributed by atoms with Crippen LogP contribution in [0.1, 0.15) is 5.76 Å². The second kappa shape index (κ2) is 3.64. The lowest BCUT2D eigenvalue weighted by molar-refractivity contribution is 0.399. The number of hydrogen-bond acceptors (Lipinski definition) is 2. The van der Waals surface area contributed by atoms with Gasteiger partial charge in [-0.2, -0.15) is 0 Å². The molecule has 0 saturated carbocycles. The van der Waals surface area contributed by atoms with Crippen LogP contribution in [0.2, 0.25) is 10.0 Å². The van der Waals surface area contributed by atoms with Gasteiger partial charge in [0.2, 0.25) is 0 Å². The first-order valence-corrected chi connectivity index (χ1v) is 4.82. The molecule has 1 heterocycles. The molecule has 1 aromatic carbocycles. The van der Waals surface area contributed by atoms with Gasteiger partial charge in [0, 0.05) is 11.6 Å². The van der Waals surface area contributed by atoms with Crippen molar-refractivity contribution in [2.75, 3.05) is 0 Å². The number of nitrogens with zero attached hydrogens (tertiary/aromatic N) is 1. The van der Waals surface area contributed by atoms with Crippen molar-refractivity contribution in [3.8, 4) is 11.3 Å². The largest absolute Gasteiger partial charge is 0.361 e. The summed E-state index contributed by atoms with van der Waals surface area (Å²) in [5.41, 5.74) is 1.38. The maximum absolute atomic E-state index is 6.01. The van der Waals surface area contributed by atoms with Gasteiger partial charge in [-0.25, -0.2) is 0 Å². The SMILES string of the molecule is Cc1cc(-c2c(Cl)cccc2Cl)no1. The highest BCUT2D eigenvalue weighted by molar-refractivity contribution is 6.39. The molecule has 0 N–H and O–H groups in total. The minimum absolute atomic E-state index is 0.575. The van der Waals surface area contributed by atoms with E-state index in [2.05, 4.69) is 5.16 Å². The van der Waals surface area contributed by atoms with Gasteiger partial charge < -0.3 is 4.52 Å². The molecule has 14 heavy (non-hydrogen) atoms. The van der Waals surface area contributed by atoms with Gasteiger partial charge in [0.1, 0.15) is 11.5 Å². The molecule has 0 aliphatic heterocycles. The number of rotatable bonds is 1. The summed E-state index contributed by atoms with van der Waals surface area (Å²) in [5.74, 6) is 0.732. The van der Waals surface area contributed by atoms with Crippen molar-refractivity contribution in [3.63, 3.8) is 0 Å². The van der Waals surface area contributed by atoms with Crippen LogP contribution < -0.4 is 0 Å². The Balaban J connectivity index is 2.61. The van der Waals surface area contributed by atoms with E-state index < -0.39 is 0 Å². The number of aryl methyl sites for hydroxylation is 1. The van der Waals surface area contributed by atoms with Gasteiger partial charge in [-0.15, -0.1) is 0 Å². The first kappa shape index (κ1) is 9.56. The van der Waals surface area contributed by atoms with E-state index in [0.717, 1.165) is 5.76 Å². The molecule has 72 valence electrons. The van der Waals surface area contributed by atoms with Gasteiger partial charge in [-0.05, 0) is 19.1 Å². The molecule has 0 bridgehead atoms. The Bertz CT molecular complexity index is 445. The fourth-order valence-corrected chi connectivity index (χ4v) is 1.82. The molecule has 0 unspecified atom stereocenters. The quantitative estimate of drug-likeness (QED) is 0.738. The number of hydrogen-bond donors (Lipinski definition) is 0. The molecular weight excluding hydrogens is 221 g/mol. The van der Waals surface area contributed by atoms with Crippen molar-refractivity contribution >= 4 is 23.2 Å². The summed E-state index contributed by atoms with van der Waals surface area (Å²) >= 11 is 12.0. The van der Waals surface area contributed by atoms with Crippen LogP contribution in [0.4, 0.5) is 0 Å². The fourth-order valence-electron chi connectivity index (χ4n) is 1.23. The highest BCUT2D eigenvalue weighted by Gasteiger charge is 2.11. The summed E-state index contributed by atoms with van der Waals surface area (Å²) in [6.07, 6.45) is 0. The first-order valence-electron chi connectivity index (χ1n) is 4.06. The Hall–Kier alpha value is -0.990. The van der Waals surface area contributed by atoms with Crippen molar-refractivity contribution in [1.29, 1.82) is 0 Å². The predicted octanol–water partition coefficient (Wildman–Crippen LogP) is 3.96. The highest BCUT2D eigenvalue weighted by Crippen LogP contribution is 2.33. The summed E-state index contributed by atoms with van der Waals surface area (Å²) < 4.78 is 4.96. The number of benzene rings is 1. The topological polar surface area (TPSA) is 26.0 Å². The monoisotopic (exact) mass is 227 g/mol. The lowest BCUT2D eigenvalue weighted by Gasteiger charge is -2.01. The van der Waals surface area contributed by atoms with Gasteiger partial charge in [0.25, 0.3) is 0 Å². The third-order valence-corrected chi connectivity index (χ3v) is 2.48. The van der Waals surface area contributed by atoms with E-state index in [1.165, 1.54) is 0 Å². The zero-order chi connectivity index (χ0) is 10.1. The van der Waals surface area contributed by atoms with Crippen LogP contribution in [0.5, 0.6) is 0 Å². The Morgan fingerprint density at radius 1 is 1.21 bits per heavy atom. The summed E-state index contributed by atoms with van der Waals surface area (Å²) in [4.78, 5) is 0. The van der Waals surface area contributed by atoms with Crippen LogP contribution in [0, 0.1) is 6.92 Å². The lowest BCUT2D eigenvalue weighted by Crippen LogP contribution is -1.80. The molecular formula is C10H7Cl2NO. The van der Waals surface area contributed by atoms with Crippen LogP contribution >= 0.6 is 23.2 Å². The third-order valence-electron chi connectivity index (χ3n) is 1.85. The van der Waals surface area contributed by atoms with Crippen molar-refractivity contribution in [2.45, 2.75) is 6.92 Å². The van der Waals surface area contributed by atoms with Crippen LogP contribution in [0.15, 0.2) is 28.8 Å². The Morgan fingerprint density at radius 3 is 2.36 bits per heavy atom. The van der Waals surface area contributed by atoms with E-state index in [4.69, 9.17) is 27.7 Å². The Labute approximate surface area is 91.4 Å². The highest BCUT2D eigenvalue weighted by atomic mass is 35.5. The minimum Gasteiger partial charge on any atom is -0.361 e. The van der Waals surface area contributed by atoms with Crippen molar-refractivity contribution in [2.24, 2.45) is 0 Å². The predicted molar refractivity (Wildman–Crippen MR) is 56.7 cm³/mol. The Kier molecular flexibility index (Phi) is 2.48. The average Bonchev–Trinajstić information content (AvgIpc) is 2.51. The van der Waals surface area contributed by atoms with E-state index >= 15 is 0 Å². The second-order valence-electron chi connectivity index (χ2n) is 2.92. The maximum Gasteiger partial charge on any atom is 0.134 e. The van der Waals surface area contributed by atoms with Gasteiger partial charge in [-0.1, -0.05) is 34.4 Å². The van der Waals surface area contributed by atoms with Crippen LogP contribution in [0.3, 0.4) is 0 Å². The Morgan fingerprint density at radius 2 is 1.86 bits per heavy atom. The van der Waals surface area contributed by atoms with Crippen molar-refractivity contribution in [3.05, 3.63) is 40.1 Å². The summed E-state index contributed by atoms with van der Waals surface area (Å²) in [6, 6.07) is 7.13. The van der Waals surface area contributed by atoms with Crippen LogP contribution in [-0.4, -0.2) is 5.16 Å². The molecule has 2 nitrogen and oxygen atoms in total. The summed E-state index contributed by atoms with van der Waals surface area (Å²) in [6.45, 7) is 1.82. The van der Waals surface area contributed by atoms with Crippen molar-refractivity contribution < 1.29 is 4.52 Å². The molecule has 2 aromatic rings. The van der Waals surface area contributed by atoms with Gasteiger partial charge >= 0.3 is 0 Å². The molecule has 0 saturated heterocycles. The van der Waals surface area contributed by atoms with E-state index in [1.54, 1.807) is 24.3 Å². The molecule has 0 amide bonds. The second-order valence-corrected chi connectivity index (χ2v) is 3.73. The standard InChI is InChI=1S/C10H7Cl2NO/c1-6-5-9(13-14-6)10-7(11)3-2-4-8(10)12/h2-5H,1H3. The maximum atomic E-state index is 6.01. The molecule has 1 aromatic heterocycles. The molecule has 0 radical (unpaired) electrons. The van der Waals surface area contributed by atoms with E-state index in [-0.39, 0.29) is 0 Å². The van der Waals surface area contributed by atoms with Crippen LogP contribution in [-0.2, 0) is 0 Å². The molecule has 0 spiro atoms. The zero-order valence-electron chi connectivity index (χ0n) is 7.42. The fraction of sp³-hybridized carbons (Fsp3) is 0.100. The van der Waals surface area contributed by atoms with Crippen LogP contribution in [0.25, 0.3) is 11.3 Å². The molecule has 0 atom stereocenters. The van der Waals surface area contributed by atoms with E-state index in [1.807, 2.05) is 6.92 Å². The lowest BCUT2D eigenvalue weighted by atomic mass is 10.1. The summed E-state index contributed by atoms with van der Waals surface area (Å²) in [7, 11) is 0. The zero-order valence-corrected chi connectivity index (χ0v) is 8.93. The van der Waals surface area contributed by atoms with Gasteiger partial charge in [0.15, 0.2) is 0 Å².